The van der Waals surface area contributed by atoms with Gasteiger partial charge in [0.25, 0.3) is 5.69 Å². The van der Waals surface area contributed by atoms with Gasteiger partial charge in [-0.2, -0.15) is 0 Å². The summed E-state index contributed by atoms with van der Waals surface area (Å²) in [6.45, 7) is 4.66. The molecule has 0 amide bonds. The lowest BCUT2D eigenvalue weighted by Gasteiger charge is -2.55. The summed E-state index contributed by atoms with van der Waals surface area (Å²) in [6.07, 6.45) is 8.78. The van der Waals surface area contributed by atoms with E-state index in [0.29, 0.717) is 30.8 Å². The van der Waals surface area contributed by atoms with Gasteiger partial charge < -0.3 is 25.1 Å². The predicted molar refractivity (Wildman–Crippen MR) is 212 cm³/mol. The van der Waals surface area contributed by atoms with E-state index in [2.05, 4.69) is 50.2 Å². The number of esters is 2. The number of benzene rings is 2. The van der Waals surface area contributed by atoms with Gasteiger partial charge in [-0.15, -0.1) is 0 Å². The molecule has 2 aromatic heterocycles. The molecule has 0 spiro atoms. The Morgan fingerprint density at radius 2 is 1.49 bits per heavy atom. The highest BCUT2D eigenvalue weighted by Gasteiger charge is 2.55. The first kappa shape index (κ1) is 39.7. The smallest absolute Gasteiger partial charge is 0.323 e. The fraction of sp³-hybridized carbons (Fsp3) is 0.381. The highest BCUT2D eigenvalue weighted by atomic mass is 79.9. The van der Waals surface area contributed by atoms with Crippen LogP contribution in [0.5, 0.6) is 0 Å². The van der Waals surface area contributed by atoms with E-state index in [-0.39, 0.29) is 47.8 Å². The maximum Gasteiger partial charge on any atom is 0.323 e. The van der Waals surface area contributed by atoms with Gasteiger partial charge in [0.1, 0.15) is 11.8 Å². The number of hydrogen-bond donors (Lipinski definition) is 2. The van der Waals surface area contributed by atoms with Gasteiger partial charge in [0.15, 0.2) is 5.41 Å². The number of nitrogens with zero attached hydrogens (tertiary/aromatic N) is 3. The number of ether oxygens (including phenoxy) is 3. The standard InChI is InChI=1S/C23H24N2O6.C19H21BrN2O2/c1-3-30-21(26)23(22(27)31-4-2)13-11-17(12-14-23)16-5-7-18(8-6-16)20-10-9-19(15-24-20)25(28)29;20-17-9-18(11-23)7-8-19(17,24-12-18)14-3-1-13(2-4-14)16-6-5-15(21)10-22-16/h5-11,15H,3-4,12-14H2,1-2H3;1-6,10,17,23H,7-9,11-12,21H2. The van der Waals surface area contributed by atoms with Crippen molar-refractivity contribution in [1.82, 2.24) is 9.97 Å². The van der Waals surface area contributed by atoms with Crippen molar-refractivity contribution in [3.63, 3.8) is 0 Å². The molecule has 2 bridgehead atoms. The molecule has 2 aliphatic carbocycles. The second-order valence-corrected chi connectivity index (χ2v) is 15.4. The van der Waals surface area contributed by atoms with Crippen LogP contribution in [0.3, 0.4) is 0 Å². The van der Waals surface area contributed by atoms with Crippen LogP contribution in [0.15, 0.2) is 91.3 Å². The minimum atomic E-state index is -1.29. The Kier molecular flexibility index (Phi) is 12.1. The van der Waals surface area contributed by atoms with Crippen LogP contribution in [-0.4, -0.2) is 63.2 Å². The van der Waals surface area contributed by atoms with Gasteiger partial charge in [-0.05, 0) is 87.3 Å². The molecule has 2 aromatic carbocycles. The fourth-order valence-corrected chi connectivity index (χ4v) is 8.86. The highest BCUT2D eigenvalue weighted by molar-refractivity contribution is 9.09. The minimum Gasteiger partial charge on any atom is -0.465 e. The van der Waals surface area contributed by atoms with Crippen LogP contribution >= 0.6 is 15.9 Å². The summed E-state index contributed by atoms with van der Waals surface area (Å²) in [5.41, 5.74) is 11.3. The maximum atomic E-state index is 12.5. The number of carbonyl (C=O) groups is 2. The molecule has 0 radical (unpaired) electrons. The van der Waals surface area contributed by atoms with Gasteiger partial charge in [-0.3, -0.25) is 24.7 Å². The summed E-state index contributed by atoms with van der Waals surface area (Å²) in [7, 11) is 0. The van der Waals surface area contributed by atoms with Crippen LogP contribution in [0.25, 0.3) is 28.1 Å². The zero-order valence-electron chi connectivity index (χ0n) is 30.9. The molecule has 4 aliphatic rings. The number of nitro groups is 1. The Bertz CT molecular complexity index is 1990. The predicted octanol–water partition coefficient (Wildman–Crippen LogP) is 7.82. The number of aliphatic hydroxyl groups is 1. The maximum absolute atomic E-state index is 12.5. The van der Waals surface area contributed by atoms with Crippen molar-refractivity contribution < 1.29 is 33.8 Å². The molecule has 3 fully saturated rings. The zero-order chi connectivity index (χ0) is 39.2. The molecule has 2 saturated heterocycles. The normalized spacial score (nSPS) is 22.4. The molecule has 3 N–H and O–H groups in total. The van der Waals surface area contributed by atoms with E-state index in [1.54, 1.807) is 26.1 Å². The van der Waals surface area contributed by atoms with Crippen molar-refractivity contribution in [2.45, 2.75) is 62.8 Å². The van der Waals surface area contributed by atoms with Crippen molar-refractivity contribution in [2.75, 3.05) is 32.2 Å². The van der Waals surface area contributed by atoms with E-state index in [1.807, 2.05) is 42.5 Å². The van der Waals surface area contributed by atoms with Gasteiger partial charge in [0.05, 0.1) is 54.6 Å². The number of alkyl halides is 1. The van der Waals surface area contributed by atoms with Gasteiger partial charge >= 0.3 is 11.9 Å². The van der Waals surface area contributed by atoms with E-state index in [0.717, 1.165) is 47.2 Å². The first-order chi connectivity index (χ1) is 26.5. The van der Waals surface area contributed by atoms with Gasteiger partial charge in [0.2, 0.25) is 0 Å². The number of aliphatic hydroxyl groups excluding tert-OH is 1. The summed E-state index contributed by atoms with van der Waals surface area (Å²) < 4.78 is 16.6. The van der Waals surface area contributed by atoms with E-state index < -0.39 is 22.3 Å². The Morgan fingerprint density at radius 3 is 1.95 bits per heavy atom. The number of pyridine rings is 2. The molecular weight excluding hydrogens is 768 g/mol. The topological polar surface area (TPSA) is 177 Å². The largest absolute Gasteiger partial charge is 0.465 e. The number of anilines is 1. The van der Waals surface area contributed by atoms with Gasteiger partial charge in [-0.1, -0.05) is 70.5 Å². The van der Waals surface area contributed by atoms with Gasteiger partial charge in [-0.25, -0.2) is 4.98 Å². The molecule has 12 nitrogen and oxygen atoms in total. The van der Waals surface area contributed by atoms with Crippen LogP contribution in [-0.2, 0) is 29.4 Å². The molecule has 55 heavy (non-hydrogen) atoms. The number of allylic oxidation sites excluding steroid dienone is 2. The molecule has 8 rings (SSSR count). The lowest BCUT2D eigenvalue weighted by molar-refractivity contribution is -0.385. The Balaban J connectivity index is 0.000000193. The number of rotatable bonds is 10. The third-order valence-corrected chi connectivity index (χ3v) is 12.0. The van der Waals surface area contributed by atoms with Crippen LogP contribution in [0.4, 0.5) is 11.4 Å². The number of nitrogens with two attached hydrogens (primary N) is 1. The zero-order valence-corrected chi connectivity index (χ0v) is 32.5. The van der Waals surface area contributed by atoms with Crippen LogP contribution in [0.2, 0.25) is 0 Å². The van der Waals surface area contributed by atoms with Crippen molar-refractivity contribution in [3.05, 3.63) is 113 Å². The molecule has 4 aromatic rings. The minimum absolute atomic E-state index is 0.0561. The third-order valence-electron chi connectivity index (χ3n) is 10.9. The summed E-state index contributed by atoms with van der Waals surface area (Å²) in [6, 6.07) is 22.9. The summed E-state index contributed by atoms with van der Waals surface area (Å²) in [5.74, 6) is -1.08. The molecule has 4 heterocycles. The summed E-state index contributed by atoms with van der Waals surface area (Å²) in [4.78, 5) is 44.1. The number of fused-ring (bicyclic) bond motifs is 3. The monoisotopic (exact) mass is 812 g/mol. The molecule has 3 atom stereocenters. The van der Waals surface area contributed by atoms with Crippen LogP contribution in [0.1, 0.15) is 63.5 Å². The Labute approximate surface area is 328 Å². The van der Waals surface area contributed by atoms with Gasteiger partial charge in [0, 0.05) is 27.4 Å². The molecule has 1 saturated carbocycles. The first-order valence-electron chi connectivity index (χ1n) is 18.4. The summed E-state index contributed by atoms with van der Waals surface area (Å²) >= 11 is 3.82. The van der Waals surface area contributed by atoms with Crippen molar-refractivity contribution >= 4 is 44.8 Å². The Hall–Kier alpha value is -4.98. The highest BCUT2D eigenvalue weighted by Crippen LogP contribution is 2.56. The molecule has 288 valence electrons. The van der Waals surface area contributed by atoms with Crippen LogP contribution < -0.4 is 5.73 Å². The second-order valence-electron chi connectivity index (χ2n) is 14.3. The van der Waals surface area contributed by atoms with Crippen molar-refractivity contribution in [1.29, 1.82) is 0 Å². The number of halogens is 1. The molecular formula is C42H45BrN4O8. The van der Waals surface area contributed by atoms with E-state index in [9.17, 15) is 24.8 Å². The number of hydrogen-bond acceptors (Lipinski definition) is 11. The van der Waals surface area contributed by atoms with E-state index in [1.165, 1.54) is 17.8 Å². The third kappa shape index (κ3) is 8.19. The lowest BCUT2D eigenvalue weighted by atomic mass is 9.64. The van der Waals surface area contributed by atoms with E-state index >= 15 is 0 Å². The van der Waals surface area contributed by atoms with Crippen LogP contribution in [0, 0.1) is 20.9 Å². The lowest BCUT2D eigenvalue weighted by Crippen LogP contribution is -2.56. The number of aromatic nitrogens is 2. The quantitative estimate of drug-likeness (QED) is 0.0525. The average molecular weight is 814 g/mol. The van der Waals surface area contributed by atoms with Crippen molar-refractivity contribution in [2.24, 2.45) is 10.8 Å². The average Bonchev–Trinajstić information content (AvgIpc) is 3.22. The molecule has 3 unspecified atom stereocenters. The second kappa shape index (κ2) is 16.8. The first-order valence-corrected chi connectivity index (χ1v) is 19.4. The Morgan fingerprint density at radius 1 is 0.891 bits per heavy atom. The molecule has 2 aliphatic heterocycles. The van der Waals surface area contributed by atoms with E-state index in [4.69, 9.17) is 19.9 Å². The van der Waals surface area contributed by atoms with Crippen molar-refractivity contribution in [3.8, 4) is 22.5 Å². The number of carbonyl (C=O) groups excluding carboxylic acids is 2. The number of nitrogen functional groups attached to an aromatic ring is 1. The fourth-order valence-electron chi connectivity index (χ4n) is 7.55. The summed E-state index contributed by atoms with van der Waals surface area (Å²) in [5, 5.41) is 20.5. The SMILES string of the molecule is CCOC(=O)C1(C(=O)OCC)CC=C(c2ccc(-c3ccc([N+](=O)[O-])cn3)cc2)CC1.Nc1ccc(-c2ccc(C34CCC(CO)(CO3)CC4Br)cc2)nc1. The molecule has 13 heteroatoms.